The Bertz CT molecular complexity index is 562. The summed E-state index contributed by atoms with van der Waals surface area (Å²) in [5.74, 6) is 1.12. The van der Waals surface area contributed by atoms with Gasteiger partial charge in [0, 0.05) is 23.6 Å². The number of hydrogen-bond acceptors (Lipinski definition) is 3. The van der Waals surface area contributed by atoms with E-state index >= 15 is 0 Å². The first-order valence-corrected chi connectivity index (χ1v) is 6.48. The molecule has 0 aliphatic carbocycles. The van der Waals surface area contributed by atoms with Gasteiger partial charge in [0.25, 0.3) is 0 Å². The lowest BCUT2D eigenvalue weighted by Crippen LogP contribution is -2.16. The van der Waals surface area contributed by atoms with Crippen molar-refractivity contribution in [3.05, 3.63) is 47.2 Å². The van der Waals surface area contributed by atoms with Crippen LogP contribution in [-0.2, 0) is 0 Å². The quantitative estimate of drug-likeness (QED) is 0.777. The summed E-state index contributed by atoms with van der Waals surface area (Å²) >= 11 is 5.84. The van der Waals surface area contributed by atoms with Gasteiger partial charge >= 0.3 is 0 Å². The lowest BCUT2D eigenvalue weighted by Gasteiger charge is -2.06. The van der Waals surface area contributed by atoms with Gasteiger partial charge in [0.05, 0.1) is 0 Å². The van der Waals surface area contributed by atoms with Crippen molar-refractivity contribution in [3.63, 3.8) is 0 Å². The molecule has 0 unspecified atom stereocenters. The normalized spacial score (nSPS) is 10.4. The highest BCUT2D eigenvalue weighted by molar-refractivity contribution is 6.30. The zero-order valence-electron chi connectivity index (χ0n) is 11.4. The van der Waals surface area contributed by atoms with Crippen molar-refractivity contribution in [2.24, 2.45) is 0 Å². The summed E-state index contributed by atoms with van der Waals surface area (Å²) in [5.41, 5.74) is 0.913. The predicted octanol–water partition coefficient (Wildman–Crippen LogP) is 4.16. The van der Waals surface area contributed by atoms with Crippen LogP contribution in [0, 0.1) is 0 Å². The van der Waals surface area contributed by atoms with Crippen LogP contribution in [0.4, 0.5) is 0 Å². The van der Waals surface area contributed by atoms with Crippen molar-refractivity contribution in [1.29, 1.82) is 0 Å². The highest BCUT2D eigenvalue weighted by atomic mass is 35.5. The molecular weight excluding hydrogens is 297 g/mol. The SMILES string of the molecule is CN(C)CCC(=O)c1ccc(-c2ccc(Cl)cc2)o1.Cl. The van der Waals surface area contributed by atoms with Gasteiger partial charge in [-0.2, -0.15) is 0 Å². The molecule has 1 aromatic carbocycles. The third-order valence-corrected chi connectivity index (χ3v) is 3.05. The maximum Gasteiger partial charge on any atom is 0.199 e. The highest BCUT2D eigenvalue weighted by Crippen LogP contribution is 2.24. The first kappa shape index (κ1) is 16.8. The second kappa shape index (κ2) is 7.48. The van der Waals surface area contributed by atoms with E-state index in [1.165, 1.54) is 0 Å². The van der Waals surface area contributed by atoms with Gasteiger partial charge in [-0.15, -0.1) is 12.4 Å². The van der Waals surface area contributed by atoms with Gasteiger partial charge in [0.2, 0.25) is 0 Å². The molecule has 0 N–H and O–H groups in total. The van der Waals surface area contributed by atoms with Crippen LogP contribution in [0.5, 0.6) is 0 Å². The number of ketones is 1. The number of carbonyl (C=O) groups excluding carboxylic acids is 1. The fraction of sp³-hybridized carbons (Fsp3) is 0.267. The molecule has 2 aromatic rings. The minimum atomic E-state index is 0. The molecule has 5 heteroatoms. The highest BCUT2D eigenvalue weighted by Gasteiger charge is 2.12. The van der Waals surface area contributed by atoms with Gasteiger partial charge in [0.15, 0.2) is 11.5 Å². The number of benzene rings is 1. The van der Waals surface area contributed by atoms with Crippen molar-refractivity contribution in [3.8, 4) is 11.3 Å². The Morgan fingerprint density at radius 3 is 2.40 bits per heavy atom. The number of hydrogen-bond donors (Lipinski definition) is 0. The Hall–Kier alpha value is -1.29. The molecule has 0 spiro atoms. The van der Waals surface area contributed by atoms with Gasteiger partial charge in [-0.05, 0) is 50.5 Å². The van der Waals surface area contributed by atoms with Gasteiger partial charge in [-0.3, -0.25) is 4.79 Å². The zero-order chi connectivity index (χ0) is 13.8. The Balaban J connectivity index is 0.00000200. The smallest absolute Gasteiger partial charge is 0.199 e. The Labute approximate surface area is 129 Å². The average molecular weight is 314 g/mol. The van der Waals surface area contributed by atoms with Crippen LogP contribution in [0.1, 0.15) is 17.0 Å². The van der Waals surface area contributed by atoms with E-state index in [2.05, 4.69) is 0 Å². The minimum absolute atomic E-state index is 0. The van der Waals surface area contributed by atoms with E-state index in [1.54, 1.807) is 18.2 Å². The zero-order valence-corrected chi connectivity index (χ0v) is 13.0. The van der Waals surface area contributed by atoms with Crippen LogP contribution in [0.25, 0.3) is 11.3 Å². The summed E-state index contributed by atoms with van der Waals surface area (Å²) in [4.78, 5) is 13.9. The number of Topliss-reactive ketones (excluding diaryl/α,β-unsaturated/α-hetero) is 1. The number of halogens is 2. The maximum atomic E-state index is 11.9. The van der Waals surface area contributed by atoms with E-state index in [9.17, 15) is 4.79 Å². The van der Waals surface area contributed by atoms with Crippen LogP contribution >= 0.6 is 24.0 Å². The topological polar surface area (TPSA) is 33.5 Å². The molecule has 0 saturated carbocycles. The first-order valence-electron chi connectivity index (χ1n) is 6.10. The van der Waals surface area contributed by atoms with E-state index in [1.807, 2.05) is 37.2 Å². The number of carbonyl (C=O) groups is 1. The summed E-state index contributed by atoms with van der Waals surface area (Å²) in [5, 5.41) is 0.678. The van der Waals surface area contributed by atoms with Gasteiger partial charge in [0.1, 0.15) is 5.76 Å². The molecule has 0 aliphatic heterocycles. The molecule has 3 nitrogen and oxygen atoms in total. The minimum Gasteiger partial charge on any atom is -0.453 e. The molecule has 0 fully saturated rings. The predicted molar refractivity (Wildman–Crippen MR) is 83.9 cm³/mol. The summed E-state index contributed by atoms with van der Waals surface area (Å²) < 4.78 is 5.59. The van der Waals surface area contributed by atoms with Gasteiger partial charge < -0.3 is 9.32 Å². The van der Waals surface area contributed by atoms with Gasteiger partial charge in [-0.25, -0.2) is 0 Å². The largest absolute Gasteiger partial charge is 0.453 e. The molecule has 0 radical (unpaired) electrons. The molecule has 2 rings (SSSR count). The van der Waals surface area contributed by atoms with Crippen molar-refractivity contribution in [1.82, 2.24) is 4.90 Å². The second-order valence-corrected chi connectivity index (χ2v) is 5.08. The molecule has 20 heavy (non-hydrogen) atoms. The standard InChI is InChI=1S/C15H16ClNO2.ClH/c1-17(2)10-9-13(18)15-8-7-14(19-15)11-3-5-12(16)6-4-11;/h3-8H,9-10H2,1-2H3;1H. The Morgan fingerprint density at radius 1 is 1.15 bits per heavy atom. The Morgan fingerprint density at radius 2 is 1.80 bits per heavy atom. The maximum absolute atomic E-state index is 11.9. The lowest BCUT2D eigenvalue weighted by molar-refractivity contribution is 0.0946. The van der Waals surface area contributed by atoms with Crippen LogP contribution in [0.2, 0.25) is 5.02 Å². The number of furan rings is 1. The van der Waals surface area contributed by atoms with E-state index in [4.69, 9.17) is 16.0 Å². The molecular formula is C15H17Cl2NO2. The molecule has 0 bridgehead atoms. The molecule has 108 valence electrons. The van der Waals surface area contributed by atoms with Crippen LogP contribution in [0.15, 0.2) is 40.8 Å². The Kier molecular flexibility index (Phi) is 6.27. The third kappa shape index (κ3) is 4.37. The summed E-state index contributed by atoms with van der Waals surface area (Å²) in [7, 11) is 3.88. The average Bonchev–Trinajstić information content (AvgIpc) is 2.86. The third-order valence-electron chi connectivity index (χ3n) is 2.80. The van der Waals surface area contributed by atoms with Crippen LogP contribution in [0.3, 0.4) is 0 Å². The van der Waals surface area contributed by atoms with Crippen LogP contribution < -0.4 is 0 Å². The molecule has 0 atom stereocenters. The van der Waals surface area contributed by atoms with Crippen molar-refractivity contribution in [2.75, 3.05) is 20.6 Å². The summed E-state index contributed by atoms with van der Waals surface area (Å²) in [6.07, 6.45) is 0.459. The fourth-order valence-corrected chi connectivity index (χ4v) is 1.83. The van der Waals surface area contributed by atoms with E-state index in [-0.39, 0.29) is 18.2 Å². The lowest BCUT2D eigenvalue weighted by atomic mass is 10.2. The number of rotatable bonds is 5. The summed E-state index contributed by atoms with van der Waals surface area (Å²) in [6.45, 7) is 0.718. The molecule has 0 amide bonds. The second-order valence-electron chi connectivity index (χ2n) is 4.65. The van der Waals surface area contributed by atoms with Crippen molar-refractivity contribution in [2.45, 2.75) is 6.42 Å². The summed E-state index contributed by atoms with van der Waals surface area (Å²) in [6, 6.07) is 10.9. The van der Waals surface area contributed by atoms with Crippen LogP contribution in [-0.4, -0.2) is 31.3 Å². The van der Waals surface area contributed by atoms with Crippen molar-refractivity contribution < 1.29 is 9.21 Å². The molecule has 1 heterocycles. The molecule has 0 aliphatic rings. The fourth-order valence-electron chi connectivity index (χ4n) is 1.71. The molecule has 1 aromatic heterocycles. The molecule has 0 saturated heterocycles. The first-order chi connectivity index (χ1) is 9.06. The van der Waals surface area contributed by atoms with E-state index < -0.39 is 0 Å². The van der Waals surface area contributed by atoms with Crippen molar-refractivity contribution >= 4 is 29.8 Å². The number of nitrogens with zero attached hydrogens (tertiary/aromatic N) is 1. The van der Waals surface area contributed by atoms with E-state index in [0.717, 1.165) is 12.1 Å². The van der Waals surface area contributed by atoms with Gasteiger partial charge in [-0.1, -0.05) is 11.6 Å². The monoisotopic (exact) mass is 313 g/mol. The van der Waals surface area contributed by atoms with E-state index in [0.29, 0.717) is 23.0 Å².